The van der Waals surface area contributed by atoms with Crippen molar-refractivity contribution in [2.45, 2.75) is 13.8 Å². The summed E-state index contributed by atoms with van der Waals surface area (Å²) in [5.74, 6) is 0. The first kappa shape index (κ1) is 20.8. The van der Waals surface area contributed by atoms with Crippen LogP contribution in [0.2, 0.25) is 0 Å². The molecule has 33 heavy (non-hydrogen) atoms. The Morgan fingerprint density at radius 1 is 0.424 bits per heavy atom. The number of hydrogen-bond donors (Lipinski definition) is 0. The average Bonchev–Trinajstić information content (AvgIpc) is 2.88. The van der Waals surface area contributed by atoms with Crippen LogP contribution in [-0.2, 0) is 0 Å². The van der Waals surface area contributed by atoms with Crippen LogP contribution < -0.4 is 4.90 Å². The molecule has 0 heterocycles. The fraction of sp³-hybridized carbons (Fsp3) is 0.0625. The van der Waals surface area contributed by atoms with E-state index < -0.39 is 0 Å². The molecule has 0 amide bonds. The molecular formula is C32H27N. The van der Waals surface area contributed by atoms with E-state index in [1.807, 2.05) is 0 Å². The third-order valence-electron chi connectivity index (χ3n) is 6.01. The number of benzene rings is 5. The van der Waals surface area contributed by atoms with Crippen LogP contribution in [0.5, 0.6) is 0 Å². The van der Waals surface area contributed by atoms with Crippen molar-refractivity contribution in [3.05, 3.63) is 139 Å². The van der Waals surface area contributed by atoms with Crippen molar-refractivity contribution < 1.29 is 0 Å². The molecule has 1 nitrogen and oxygen atoms in total. The SMILES string of the molecule is Cc1ccc(N(c2ccc(C)cc2)c2ccc(-c3ccccc3)cc2-c2ccccc2)cc1. The predicted octanol–water partition coefficient (Wildman–Crippen LogP) is 9.11. The van der Waals surface area contributed by atoms with Gasteiger partial charge >= 0.3 is 0 Å². The molecule has 160 valence electrons. The molecule has 1 heteroatoms. The van der Waals surface area contributed by atoms with E-state index in [-0.39, 0.29) is 0 Å². The second kappa shape index (κ2) is 9.18. The lowest BCUT2D eigenvalue weighted by Gasteiger charge is -2.28. The minimum atomic E-state index is 1.15. The van der Waals surface area contributed by atoms with Gasteiger partial charge in [0, 0.05) is 16.9 Å². The Hall–Kier alpha value is -4.10. The van der Waals surface area contributed by atoms with Crippen molar-refractivity contribution >= 4 is 17.1 Å². The maximum Gasteiger partial charge on any atom is 0.0540 e. The van der Waals surface area contributed by atoms with Gasteiger partial charge < -0.3 is 4.90 Å². The van der Waals surface area contributed by atoms with Gasteiger partial charge in [0.25, 0.3) is 0 Å². The first-order chi connectivity index (χ1) is 16.2. The molecule has 0 saturated heterocycles. The van der Waals surface area contributed by atoms with Gasteiger partial charge in [-0.25, -0.2) is 0 Å². The Morgan fingerprint density at radius 2 is 0.909 bits per heavy atom. The Labute approximate surface area is 196 Å². The fourth-order valence-corrected chi connectivity index (χ4v) is 4.21. The van der Waals surface area contributed by atoms with Crippen LogP contribution in [0.3, 0.4) is 0 Å². The zero-order valence-electron chi connectivity index (χ0n) is 19.1. The van der Waals surface area contributed by atoms with Crippen LogP contribution in [0.1, 0.15) is 11.1 Å². The summed E-state index contributed by atoms with van der Waals surface area (Å²) in [5, 5.41) is 0. The van der Waals surface area contributed by atoms with Crippen molar-refractivity contribution in [1.29, 1.82) is 0 Å². The van der Waals surface area contributed by atoms with E-state index in [0.29, 0.717) is 0 Å². The maximum absolute atomic E-state index is 2.36. The highest BCUT2D eigenvalue weighted by molar-refractivity contribution is 5.90. The number of aryl methyl sites for hydroxylation is 2. The molecule has 0 aliphatic heterocycles. The average molecular weight is 426 g/mol. The quantitative estimate of drug-likeness (QED) is 0.271. The highest BCUT2D eigenvalue weighted by atomic mass is 15.1. The second-order valence-corrected chi connectivity index (χ2v) is 8.47. The first-order valence-corrected chi connectivity index (χ1v) is 11.4. The molecule has 0 saturated carbocycles. The number of rotatable bonds is 5. The molecule has 0 aliphatic carbocycles. The van der Waals surface area contributed by atoms with E-state index in [4.69, 9.17) is 0 Å². The second-order valence-electron chi connectivity index (χ2n) is 8.47. The van der Waals surface area contributed by atoms with Gasteiger partial charge in [-0.05, 0) is 66.9 Å². The lowest BCUT2D eigenvalue weighted by molar-refractivity contribution is 1.27. The lowest BCUT2D eigenvalue weighted by atomic mass is 9.96. The smallest absolute Gasteiger partial charge is 0.0540 e. The molecule has 0 fully saturated rings. The molecule has 0 unspecified atom stereocenters. The van der Waals surface area contributed by atoms with Crippen LogP contribution in [0.4, 0.5) is 17.1 Å². The van der Waals surface area contributed by atoms with E-state index in [0.717, 1.165) is 17.1 Å². The van der Waals surface area contributed by atoms with Gasteiger partial charge in [0.05, 0.1) is 5.69 Å². The zero-order valence-corrected chi connectivity index (χ0v) is 19.1. The summed E-state index contributed by atoms with van der Waals surface area (Å²) in [5.41, 5.74) is 10.8. The van der Waals surface area contributed by atoms with Crippen molar-refractivity contribution in [3.8, 4) is 22.3 Å². The van der Waals surface area contributed by atoms with Gasteiger partial charge in [-0.3, -0.25) is 0 Å². The summed E-state index contributed by atoms with van der Waals surface area (Å²) in [6, 6.07) is 45.6. The third-order valence-corrected chi connectivity index (χ3v) is 6.01. The van der Waals surface area contributed by atoms with Gasteiger partial charge in [-0.1, -0.05) is 102 Å². The van der Waals surface area contributed by atoms with E-state index in [2.05, 4.69) is 146 Å². The van der Waals surface area contributed by atoms with Crippen LogP contribution in [-0.4, -0.2) is 0 Å². The summed E-state index contributed by atoms with van der Waals surface area (Å²) in [6.45, 7) is 4.26. The summed E-state index contributed by atoms with van der Waals surface area (Å²) >= 11 is 0. The Bertz CT molecular complexity index is 1290. The lowest BCUT2D eigenvalue weighted by Crippen LogP contribution is -2.11. The topological polar surface area (TPSA) is 3.24 Å². The molecular weight excluding hydrogens is 398 g/mol. The Balaban J connectivity index is 1.74. The van der Waals surface area contributed by atoms with Gasteiger partial charge in [-0.2, -0.15) is 0 Å². The Kier molecular flexibility index (Phi) is 5.78. The normalized spacial score (nSPS) is 10.7. The van der Waals surface area contributed by atoms with Crippen LogP contribution >= 0.6 is 0 Å². The number of nitrogens with zero attached hydrogens (tertiary/aromatic N) is 1. The highest BCUT2D eigenvalue weighted by Gasteiger charge is 2.18. The molecule has 0 N–H and O–H groups in total. The van der Waals surface area contributed by atoms with Crippen LogP contribution in [0, 0.1) is 13.8 Å². The van der Waals surface area contributed by atoms with Gasteiger partial charge in [0.1, 0.15) is 0 Å². The van der Waals surface area contributed by atoms with Gasteiger partial charge in [-0.15, -0.1) is 0 Å². The van der Waals surface area contributed by atoms with Crippen LogP contribution in [0.25, 0.3) is 22.3 Å². The largest absolute Gasteiger partial charge is 0.310 e. The summed E-state index contributed by atoms with van der Waals surface area (Å²) in [6.07, 6.45) is 0. The van der Waals surface area contributed by atoms with Crippen LogP contribution in [0.15, 0.2) is 127 Å². The minimum Gasteiger partial charge on any atom is -0.310 e. The van der Waals surface area contributed by atoms with E-state index in [1.165, 1.54) is 33.4 Å². The van der Waals surface area contributed by atoms with Crippen molar-refractivity contribution in [2.75, 3.05) is 4.90 Å². The van der Waals surface area contributed by atoms with Crippen molar-refractivity contribution in [1.82, 2.24) is 0 Å². The molecule has 5 aromatic carbocycles. The van der Waals surface area contributed by atoms with Gasteiger partial charge in [0.15, 0.2) is 0 Å². The van der Waals surface area contributed by atoms with E-state index in [1.54, 1.807) is 0 Å². The third kappa shape index (κ3) is 4.44. The molecule has 5 rings (SSSR count). The molecule has 0 spiro atoms. The first-order valence-electron chi connectivity index (χ1n) is 11.4. The standard InChI is InChI=1S/C32H27N/c1-24-13-18-29(19-14-24)33(30-20-15-25(2)16-21-30)32-22-17-28(26-9-5-3-6-10-26)23-31(32)27-11-7-4-8-12-27/h3-23H,1-2H3. The van der Waals surface area contributed by atoms with Crippen molar-refractivity contribution in [3.63, 3.8) is 0 Å². The predicted molar refractivity (Wildman–Crippen MR) is 141 cm³/mol. The monoisotopic (exact) mass is 425 g/mol. The molecule has 0 bridgehead atoms. The summed E-state index contributed by atoms with van der Waals surface area (Å²) < 4.78 is 0. The summed E-state index contributed by atoms with van der Waals surface area (Å²) in [7, 11) is 0. The summed E-state index contributed by atoms with van der Waals surface area (Å²) in [4.78, 5) is 2.36. The zero-order chi connectivity index (χ0) is 22.6. The fourth-order valence-electron chi connectivity index (χ4n) is 4.21. The Morgan fingerprint density at radius 3 is 1.42 bits per heavy atom. The molecule has 0 radical (unpaired) electrons. The maximum atomic E-state index is 2.36. The molecule has 5 aromatic rings. The number of hydrogen-bond acceptors (Lipinski definition) is 1. The van der Waals surface area contributed by atoms with E-state index in [9.17, 15) is 0 Å². The highest BCUT2D eigenvalue weighted by Crippen LogP contribution is 2.42. The van der Waals surface area contributed by atoms with Gasteiger partial charge in [0.2, 0.25) is 0 Å². The molecule has 0 atom stereocenters. The van der Waals surface area contributed by atoms with Crippen molar-refractivity contribution in [2.24, 2.45) is 0 Å². The van der Waals surface area contributed by atoms with E-state index >= 15 is 0 Å². The molecule has 0 aromatic heterocycles. The molecule has 0 aliphatic rings. The number of anilines is 3. The minimum absolute atomic E-state index is 1.15.